The Balaban J connectivity index is 1.99. The normalized spacial score (nSPS) is 16.7. The first-order valence-corrected chi connectivity index (χ1v) is 11.0. The van der Waals surface area contributed by atoms with E-state index in [2.05, 4.69) is 13.8 Å². The van der Waals surface area contributed by atoms with Gasteiger partial charge in [-0.05, 0) is 37.0 Å². The van der Waals surface area contributed by atoms with Crippen LogP contribution >= 0.6 is 11.6 Å². The van der Waals surface area contributed by atoms with Crippen LogP contribution in [0.5, 0.6) is 5.75 Å². The number of piperidine rings is 1. The highest BCUT2D eigenvalue weighted by Gasteiger charge is 2.26. The molecule has 0 atom stereocenters. The summed E-state index contributed by atoms with van der Waals surface area (Å²) < 4.78 is 30.5. The van der Waals surface area contributed by atoms with E-state index in [0.29, 0.717) is 54.7 Å². The van der Waals surface area contributed by atoms with Crippen LogP contribution in [-0.4, -0.2) is 62.6 Å². The van der Waals surface area contributed by atoms with Gasteiger partial charge in [-0.3, -0.25) is 4.79 Å². The Morgan fingerprint density at radius 2 is 1.96 bits per heavy atom. The molecule has 26 heavy (non-hydrogen) atoms. The second-order valence-corrected chi connectivity index (χ2v) is 9.59. The van der Waals surface area contributed by atoms with Gasteiger partial charge in [-0.2, -0.15) is 0 Å². The SMILES string of the molecule is CC(C)CN(C)C(=O)c1ccc(OC2CCN(S(C)(=O)=O)CC2)c(Cl)c1. The molecule has 2 rings (SSSR count). The molecule has 0 N–H and O–H groups in total. The van der Waals surface area contributed by atoms with Crippen LogP contribution in [0.25, 0.3) is 0 Å². The highest BCUT2D eigenvalue weighted by Crippen LogP contribution is 2.29. The summed E-state index contributed by atoms with van der Waals surface area (Å²) in [4.78, 5) is 14.1. The highest BCUT2D eigenvalue weighted by molar-refractivity contribution is 7.88. The predicted molar refractivity (Wildman–Crippen MR) is 103 cm³/mol. The van der Waals surface area contributed by atoms with Crippen molar-refractivity contribution in [1.82, 2.24) is 9.21 Å². The second-order valence-electron chi connectivity index (χ2n) is 7.20. The van der Waals surface area contributed by atoms with E-state index < -0.39 is 10.0 Å². The number of hydrogen-bond donors (Lipinski definition) is 0. The standard InChI is InChI=1S/C18H27ClN2O4S/c1-13(2)12-20(3)18(22)14-5-6-17(16(19)11-14)25-15-7-9-21(10-8-15)26(4,23)24/h5-6,11,13,15H,7-10,12H2,1-4H3. The molecule has 0 bridgehead atoms. The van der Waals surface area contributed by atoms with Crippen LogP contribution in [0.3, 0.4) is 0 Å². The van der Waals surface area contributed by atoms with Crippen molar-refractivity contribution in [3.63, 3.8) is 0 Å². The lowest BCUT2D eigenvalue weighted by Gasteiger charge is -2.30. The van der Waals surface area contributed by atoms with E-state index >= 15 is 0 Å². The fourth-order valence-corrected chi connectivity index (χ4v) is 4.14. The minimum atomic E-state index is -3.15. The largest absolute Gasteiger partial charge is 0.489 e. The topological polar surface area (TPSA) is 66.9 Å². The molecule has 1 fully saturated rings. The van der Waals surface area contributed by atoms with Crippen molar-refractivity contribution < 1.29 is 17.9 Å². The molecule has 0 aromatic heterocycles. The monoisotopic (exact) mass is 402 g/mol. The Bertz CT molecular complexity index is 744. The van der Waals surface area contributed by atoms with Gasteiger partial charge in [0.1, 0.15) is 11.9 Å². The summed E-state index contributed by atoms with van der Waals surface area (Å²) >= 11 is 6.30. The summed E-state index contributed by atoms with van der Waals surface area (Å²) in [6, 6.07) is 5.05. The Morgan fingerprint density at radius 3 is 2.46 bits per heavy atom. The van der Waals surface area contributed by atoms with Crippen LogP contribution in [0.4, 0.5) is 0 Å². The summed E-state index contributed by atoms with van der Waals surface area (Å²) in [6.07, 6.45) is 2.36. The van der Waals surface area contributed by atoms with Crippen molar-refractivity contribution in [1.29, 1.82) is 0 Å². The van der Waals surface area contributed by atoms with Gasteiger partial charge in [0.05, 0.1) is 11.3 Å². The van der Waals surface area contributed by atoms with Gasteiger partial charge in [0, 0.05) is 32.2 Å². The maximum atomic E-state index is 12.4. The number of ether oxygens (including phenoxy) is 1. The summed E-state index contributed by atoms with van der Waals surface area (Å²) in [5, 5.41) is 0.388. The first kappa shape index (κ1) is 21.0. The number of carbonyl (C=O) groups excluding carboxylic acids is 1. The van der Waals surface area contributed by atoms with Crippen LogP contribution in [-0.2, 0) is 10.0 Å². The van der Waals surface area contributed by atoms with E-state index in [9.17, 15) is 13.2 Å². The van der Waals surface area contributed by atoms with Gasteiger partial charge in [-0.15, -0.1) is 0 Å². The van der Waals surface area contributed by atoms with Crippen molar-refractivity contribution in [2.45, 2.75) is 32.8 Å². The molecule has 1 aliphatic heterocycles. The Labute approximate surface area is 161 Å². The van der Waals surface area contributed by atoms with Crippen LogP contribution in [0, 0.1) is 5.92 Å². The molecular weight excluding hydrogens is 376 g/mol. The highest BCUT2D eigenvalue weighted by atomic mass is 35.5. The van der Waals surface area contributed by atoms with Crippen LogP contribution < -0.4 is 4.74 Å². The molecule has 1 aromatic rings. The van der Waals surface area contributed by atoms with Gasteiger partial charge < -0.3 is 9.64 Å². The fraction of sp³-hybridized carbons (Fsp3) is 0.611. The summed E-state index contributed by atoms with van der Waals surface area (Å²) in [5.41, 5.74) is 0.525. The molecule has 0 saturated carbocycles. The molecule has 1 aliphatic rings. The minimum Gasteiger partial charge on any atom is -0.489 e. The molecule has 0 unspecified atom stereocenters. The van der Waals surface area contributed by atoms with Crippen molar-refractivity contribution in [3.05, 3.63) is 28.8 Å². The van der Waals surface area contributed by atoms with Gasteiger partial charge in [0.15, 0.2) is 0 Å². The first-order chi connectivity index (χ1) is 12.1. The Hall–Kier alpha value is -1.31. The fourth-order valence-electron chi connectivity index (χ4n) is 3.04. The summed E-state index contributed by atoms with van der Waals surface area (Å²) in [7, 11) is -1.38. The average molecular weight is 403 g/mol. The number of halogens is 1. The summed E-state index contributed by atoms with van der Waals surface area (Å²) in [6.45, 7) is 5.68. The molecule has 8 heteroatoms. The molecule has 1 aromatic carbocycles. The number of hydrogen-bond acceptors (Lipinski definition) is 4. The molecule has 1 saturated heterocycles. The molecule has 0 radical (unpaired) electrons. The van der Waals surface area contributed by atoms with Crippen molar-refractivity contribution in [2.24, 2.45) is 5.92 Å². The maximum Gasteiger partial charge on any atom is 0.253 e. The number of rotatable bonds is 6. The molecule has 0 aliphatic carbocycles. The molecule has 1 heterocycles. The smallest absolute Gasteiger partial charge is 0.253 e. The number of benzene rings is 1. The van der Waals surface area contributed by atoms with Crippen LogP contribution in [0.15, 0.2) is 18.2 Å². The minimum absolute atomic E-state index is 0.0754. The lowest BCUT2D eigenvalue weighted by atomic mass is 10.1. The predicted octanol–water partition coefficient (Wildman–Crippen LogP) is 2.87. The lowest BCUT2D eigenvalue weighted by molar-refractivity contribution is 0.0779. The number of carbonyl (C=O) groups is 1. The molecule has 0 spiro atoms. The molecule has 146 valence electrons. The first-order valence-electron chi connectivity index (χ1n) is 8.74. The average Bonchev–Trinajstić information content (AvgIpc) is 2.55. The Kier molecular flexibility index (Phi) is 6.93. The van der Waals surface area contributed by atoms with Crippen LogP contribution in [0.1, 0.15) is 37.0 Å². The van der Waals surface area contributed by atoms with Gasteiger partial charge >= 0.3 is 0 Å². The van der Waals surface area contributed by atoms with Crippen molar-refractivity contribution in [2.75, 3.05) is 32.9 Å². The van der Waals surface area contributed by atoms with Gasteiger partial charge in [-0.25, -0.2) is 12.7 Å². The molecule has 6 nitrogen and oxygen atoms in total. The Morgan fingerprint density at radius 1 is 1.35 bits per heavy atom. The zero-order chi connectivity index (χ0) is 19.5. The zero-order valence-corrected chi connectivity index (χ0v) is 17.3. The third kappa shape index (κ3) is 5.59. The second kappa shape index (κ2) is 8.59. The van der Waals surface area contributed by atoms with Gasteiger partial charge in [0.2, 0.25) is 10.0 Å². The summed E-state index contributed by atoms with van der Waals surface area (Å²) in [5.74, 6) is 0.834. The quantitative estimate of drug-likeness (QED) is 0.733. The third-order valence-corrected chi connectivity index (χ3v) is 5.93. The molecule has 1 amide bonds. The van der Waals surface area contributed by atoms with Crippen molar-refractivity contribution in [3.8, 4) is 5.75 Å². The van der Waals surface area contributed by atoms with E-state index in [1.807, 2.05) is 0 Å². The van der Waals surface area contributed by atoms with E-state index in [4.69, 9.17) is 16.3 Å². The number of amides is 1. The lowest BCUT2D eigenvalue weighted by Crippen LogP contribution is -2.41. The van der Waals surface area contributed by atoms with E-state index in [1.165, 1.54) is 10.6 Å². The third-order valence-electron chi connectivity index (χ3n) is 4.33. The van der Waals surface area contributed by atoms with Crippen LogP contribution in [0.2, 0.25) is 5.02 Å². The van der Waals surface area contributed by atoms with E-state index in [0.717, 1.165) is 0 Å². The maximum absolute atomic E-state index is 12.4. The number of sulfonamides is 1. The van der Waals surface area contributed by atoms with Gasteiger partial charge in [0.25, 0.3) is 5.91 Å². The molecular formula is C18H27ClN2O4S. The number of nitrogens with zero attached hydrogens (tertiary/aromatic N) is 2. The zero-order valence-electron chi connectivity index (χ0n) is 15.7. The van der Waals surface area contributed by atoms with Crippen molar-refractivity contribution >= 4 is 27.5 Å². The van der Waals surface area contributed by atoms with E-state index in [1.54, 1.807) is 30.1 Å². The van der Waals surface area contributed by atoms with Gasteiger partial charge in [-0.1, -0.05) is 25.4 Å². The van der Waals surface area contributed by atoms with E-state index in [-0.39, 0.29) is 12.0 Å².